The van der Waals surface area contributed by atoms with Crippen molar-refractivity contribution in [3.8, 4) is 0 Å². The van der Waals surface area contributed by atoms with Gasteiger partial charge in [0.25, 0.3) is 0 Å². The molecule has 1 aromatic rings. The van der Waals surface area contributed by atoms with Gasteiger partial charge in [-0.05, 0) is 24.6 Å². The minimum atomic E-state index is 0.127. The Labute approximate surface area is 108 Å². The molecule has 0 radical (unpaired) electrons. The summed E-state index contributed by atoms with van der Waals surface area (Å²) in [5.74, 6) is 0.127. The summed E-state index contributed by atoms with van der Waals surface area (Å²) >= 11 is 0. The molecule has 0 saturated carbocycles. The topological polar surface area (TPSA) is 45.2 Å². The summed E-state index contributed by atoms with van der Waals surface area (Å²) in [6.45, 7) is 4.32. The van der Waals surface area contributed by atoms with Crippen LogP contribution in [0, 0.1) is 0 Å². The Morgan fingerprint density at radius 1 is 1.44 bits per heavy atom. The van der Waals surface area contributed by atoms with Gasteiger partial charge in [-0.2, -0.15) is 0 Å². The van der Waals surface area contributed by atoms with Gasteiger partial charge in [-0.3, -0.25) is 9.78 Å². The van der Waals surface area contributed by atoms with E-state index in [1.807, 2.05) is 32.2 Å². The van der Waals surface area contributed by atoms with Crippen LogP contribution in [0.5, 0.6) is 0 Å². The second-order valence-corrected chi connectivity index (χ2v) is 4.63. The maximum atomic E-state index is 12.1. The molecule has 0 aliphatic carbocycles. The number of aromatic nitrogens is 1. The quantitative estimate of drug-likeness (QED) is 0.805. The van der Waals surface area contributed by atoms with Crippen LogP contribution in [0.4, 0.5) is 0 Å². The van der Waals surface area contributed by atoms with Gasteiger partial charge in [0.15, 0.2) is 0 Å². The van der Waals surface area contributed by atoms with Crippen LogP contribution in [-0.4, -0.2) is 42.5 Å². The van der Waals surface area contributed by atoms with Crippen LogP contribution in [0.25, 0.3) is 0 Å². The summed E-state index contributed by atoms with van der Waals surface area (Å²) in [7, 11) is 1.85. The van der Waals surface area contributed by atoms with Crippen molar-refractivity contribution in [2.24, 2.45) is 0 Å². The lowest BCUT2D eigenvalue weighted by Crippen LogP contribution is -2.38. The molecule has 1 aromatic heterocycles. The van der Waals surface area contributed by atoms with Gasteiger partial charge in [0.05, 0.1) is 0 Å². The van der Waals surface area contributed by atoms with E-state index in [-0.39, 0.29) is 5.91 Å². The number of nitrogens with zero attached hydrogens (tertiary/aromatic N) is 2. The average Bonchev–Trinajstić information content (AvgIpc) is 2.34. The highest BCUT2D eigenvalue weighted by Crippen LogP contribution is 2.11. The number of likely N-dealkylation sites (N-methyl/N-ethyl adjacent to an activating group) is 1. The Balaban J connectivity index is 1.88. The van der Waals surface area contributed by atoms with Crippen molar-refractivity contribution in [2.75, 3.05) is 26.7 Å². The maximum absolute atomic E-state index is 12.1. The van der Waals surface area contributed by atoms with Gasteiger partial charge in [0, 0.05) is 50.6 Å². The largest absolute Gasteiger partial charge is 0.342 e. The molecule has 1 saturated heterocycles. The number of hydrogen-bond acceptors (Lipinski definition) is 3. The first-order valence-corrected chi connectivity index (χ1v) is 6.23. The lowest BCUT2D eigenvalue weighted by Gasteiger charge is -2.24. The maximum Gasteiger partial charge on any atom is 0.249 e. The number of carbonyl (C=O) groups is 1. The van der Waals surface area contributed by atoms with Crippen LogP contribution in [0.15, 0.2) is 35.5 Å². The molecular weight excluding hydrogens is 226 g/mol. The second-order valence-electron chi connectivity index (χ2n) is 4.63. The van der Waals surface area contributed by atoms with Gasteiger partial charge in [0.1, 0.15) is 0 Å². The number of carbonyl (C=O) groups excluding carboxylic acids is 1. The molecule has 0 spiro atoms. The van der Waals surface area contributed by atoms with Gasteiger partial charge in [-0.15, -0.1) is 0 Å². The van der Waals surface area contributed by atoms with E-state index in [1.54, 1.807) is 11.1 Å². The molecule has 1 aliphatic rings. The lowest BCUT2D eigenvalue weighted by atomic mass is 10.0. The molecule has 0 aromatic carbocycles. The van der Waals surface area contributed by atoms with Crippen molar-refractivity contribution in [1.82, 2.24) is 15.2 Å². The van der Waals surface area contributed by atoms with Crippen LogP contribution >= 0.6 is 0 Å². The number of amides is 1. The lowest BCUT2D eigenvalue weighted by molar-refractivity contribution is -0.125. The second kappa shape index (κ2) is 5.78. The Morgan fingerprint density at radius 2 is 2.22 bits per heavy atom. The van der Waals surface area contributed by atoms with Gasteiger partial charge in [-0.25, -0.2) is 0 Å². The Morgan fingerprint density at radius 3 is 2.78 bits per heavy atom. The predicted molar refractivity (Wildman–Crippen MR) is 71.1 cm³/mol. The zero-order valence-electron chi connectivity index (χ0n) is 10.9. The van der Waals surface area contributed by atoms with E-state index in [2.05, 4.69) is 10.3 Å². The summed E-state index contributed by atoms with van der Waals surface area (Å²) in [6, 6.07) is 5.85. The van der Waals surface area contributed by atoms with E-state index >= 15 is 0 Å². The number of hydrogen-bond donors (Lipinski definition) is 1. The molecule has 18 heavy (non-hydrogen) atoms. The van der Waals surface area contributed by atoms with Gasteiger partial charge in [0.2, 0.25) is 5.91 Å². The highest BCUT2D eigenvalue weighted by atomic mass is 16.2. The third kappa shape index (κ3) is 2.96. The molecular formula is C14H19N3O. The summed E-state index contributed by atoms with van der Waals surface area (Å²) in [5, 5.41) is 3.16. The monoisotopic (exact) mass is 245 g/mol. The first-order valence-electron chi connectivity index (χ1n) is 6.23. The smallest absolute Gasteiger partial charge is 0.249 e. The van der Waals surface area contributed by atoms with Crippen molar-refractivity contribution in [3.05, 3.63) is 41.2 Å². The van der Waals surface area contributed by atoms with Gasteiger partial charge >= 0.3 is 0 Å². The summed E-state index contributed by atoms with van der Waals surface area (Å²) in [6.07, 6.45) is 2.58. The SMILES string of the molecule is CC(C(=O)N(C)CCc1ccccn1)=C1CNC1. The number of pyridine rings is 1. The molecule has 0 unspecified atom stereocenters. The van der Waals surface area contributed by atoms with Crippen LogP contribution in [0.3, 0.4) is 0 Å². The Bertz CT molecular complexity index is 447. The summed E-state index contributed by atoms with van der Waals surface area (Å²) < 4.78 is 0. The minimum absolute atomic E-state index is 0.127. The molecule has 2 rings (SSSR count). The van der Waals surface area contributed by atoms with Gasteiger partial charge < -0.3 is 10.2 Å². The Kier molecular flexibility index (Phi) is 4.10. The van der Waals surface area contributed by atoms with Crippen molar-refractivity contribution >= 4 is 5.91 Å². The molecule has 0 bridgehead atoms. The standard InChI is InChI=1S/C14H19N3O/c1-11(12-9-15-10-12)14(18)17(2)8-6-13-5-3-4-7-16-13/h3-5,7,15H,6,8-10H2,1-2H3. The molecule has 1 amide bonds. The summed E-state index contributed by atoms with van der Waals surface area (Å²) in [4.78, 5) is 18.1. The third-order valence-corrected chi connectivity index (χ3v) is 3.30. The van der Waals surface area contributed by atoms with E-state index in [4.69, 9.17) is 0 Å². The normalized spacial score (nSPS) is 14.0. The zero-order chi connectivity index (χ0) is 13.0. The third-order valence-electron chi connectivity index (χ3n) is 3.30. The first kappa shape index (κ1) is 12.8. The number of nitrogens with one attached hydrogen (secondary N) is 1. The fourth-order valence-corrected chi connectivity index (χ4v) is 1.88. The molecule has 4 heteroatoms. The zero-order valence-corrected chi connectivity index (χ0v) is 10.9. The van der Waals surface area contributed by atoms with Crippen LogP contribution in [-0.2, 0) is 11.2 Å². The molecule has 0 atom stereocenters. The van der Waals surface area contributed by atoms with E-state index in [9.17, 15) is 4.79 Å². The highest BCUT2D eigenvalue weighted by Gasteiger charge is 2.18. The van der Waals surface area contributed by atoms with E-state index in [0.29, 0.717) is 6.54 Å². The van der Waals surface area contributed by atoms with Crippen molar-refractivity contribution < 1.29 is 4.79 Å². The number of rotatable bonds is 4. The fraction of sp³-hybridized carbons (Fsp3) is 0.429. The van der Waals surface area contributed by atoms with E-state index < -0.39 is 0 Å². The van der Waals surface area contributed by atoms with Crippen molar-refractivity contribution in [3.63, 3.8) is 0 Å². The molecule has 1 fully saturated rings. The fourth-order valence-electron chi connectivity index (χ4n) is 1.88. The summed E-state index contributed by atoms with van der Waals surface area (Å²) in [5.41, 5.74) is 3.13. The first-order chi connectivity index (χ1) is 8.68. The Hall–Kier alpha value is -1.68. The van der Waals surface area contributed by atoms with E-state index in [0.717, 1.165) is 30.8 Å². The van der Waals surface area contributed by atoms with Crippen molar-refractivity contribution in [1.29, 1.82) is 0 Å². The molecule has 1 N–H and O–H groups in total. The van der Waals surface area contributed by atoms with Crippen LogP contribution in [0.2, 0.25) is 0 Å². The molecule has 4 nitrogen and oxygen atoms in total. The van der Waals surface area contributed by atoms with E-state index in [1.165, 1.54) is 5.57 Å². The molecule has 2 heterocycles. The minimum Gasteiger partial charge on any atom is -0.342 e. The highest BCUT2D eigenvalue weighted by molar-refractivity contribution is 5.93. The molecule has 96 valence electrons. The predicted octanol–water partition coefficient (Wildman–Crippen LogP) is 1.00. The van der Waals surface area contributed by atoms with Crippen LogP contribution < -0.4 is 5.32 Å². The van der Waals surface area contributed by atoms with Crippen LogP contribution in [0.1, 0.15) is 12.6 Å². The van der Waals surface area contributed by atoms with Crippen molar-refractivity contribution in [2.45, 2.75) is 13.3 Å². The average molecular weight is 245 g/mol. The van der Waals surface area contributed by atoms with Gasteiger partial charge in [-0.1, -0.05) is 6.07 Å². The molecule has 1 aliphatic heterocycles.